The number of aryl methyl sites for hydroxylation is 1. The third kappa shape index (κ3) is 4.19. The molecule has 7 nitrogen and oxygen atoms in total. The van der Waals surface area contributed by atoms with Crippen molar-refractivity contribution in [2.45, 2.75) is 52.3 Å². The molecule has 1 aromatic heterocycles. The van der Waals surface area contributed by atoms with Crippen molar-refractivity contribution in [3.63, 3.8) is 0 Å². The van der Waals surface area contributed by atoms with Gasteiger partial charge in [0.25, 0.3) is 0 Å². The number of ether oxygens (including phenoxy) is 1. The summed E-state index contributed by atoms with van der Waals surface area (Å²) in [7, 11) is 0. The molecule has 112 valence electrons. The molecule has 2 rings (SSSR count). The van der Waals surface area contributed by atoms with Crippen molar-refractivity contribution in [2.24, 2.45) is 0 Å². The Labute approximate surface area is 118 Å². The van der Waals surface area contributed by atoms with Gasteiger partial charge in [-0.05, 0) is 27.2 Å². The number of aromatic nitrogens is 2. The average molecular weight is 282 g/mol. The van der Waals surface area contributed by atoms with Crippen LogP contribution in [0.1, 0.15) is 38.9 Å². The van der Waals surface area contributed by atoms with Crippen molar-refractivity contribution in [1.82, 2.24) is 20.4 Å². The van der Waals surface area contributed by atoms with Gasteiger partial charge in [0.1, 0.15) is 5.60 Å². The SMILES string of the molecule is Cc1nc(CNC2CCN(C(=O)OC(C)(C)C)C2)no1. The largest absolute Gasteiger partial charge is 0.444 e. The molecule has 0 bridgehead atoms. The molecule has 7 heteroatoms. The Balaban J connectivity index is 1.76. The van der Waals surface area contributed by atoms with E-state index in [1.165, 1.54) is 0 Å². The lowest BCUT2D eigenvalue weighted by molar-refractivity contribution is 0.0291. The number of carbonyl (C=O) groups is 1. The maximum Gasteiger partial charge on any atom is 0.410 e. The number of hydrogen-bond donors (Lipinski definition) is 1. The van der Waals surface area contributed by atoms with Gasteiger partial charge >= 0.3 is 6.09 Å². The van der Waals surface area contributed by atoms with E-state index in [2.05, 4.69) is 15.5 Å². The summed E-state index contributed by atoms with van der Waals surface area (Å²) in [4.78, 5) is 17.8. The standard InChI is InChI=1S/C13H22N4O3/c1-9-15-11(16-20-9)7-14-10-5-6-17(8-10)12(18)19-13(2,3)4/h10,14H,5-8H2,1-4H3. The van der Waals surface area contributed by atoms with Crippen LogP contribution >= 0.6 is 0 Å². The molecule has 2 heterocycles. The second-order valence-corrected chi connectivity index (χ2v) is 6.02. The Morgan fingerprint density at radius 3 is 2.90 bits per heavy atom. The molecule has 1 amide bonds. The van der Waals surface area contributed by atoms with Crippen molar-refractivity contribution in [3.8, 4) is 0 Å². The molecule has 0 saturated carbocycles. The Kier molecular flexibility index (Phi) is 4.27. The molecular formula is C13H22N4O3. The summed E-state index contributed by atoms with van der Waals surface area (Å²) >= 11 is 0. The Morgan fingerprint density at radius 2 is 2.30 bits per heavy atom. The maximum absolute atomic E-state index is 11.9. The maximum atomic E-state index is 11.9. The van der Waals surface area contributed by atoms with E-state index >= 15 is 0 Å². The van der Waals surface area contributed by atoms with Crippen LogP contribution in [0.3, 0.4) is 0 Å². The first-order valence-electron chi connectivity index (χ1n) is 6.84. The van der Waals surface area contributed by atoms with Gasteiger partial charge in [0.05, 0.1) is 6.54 Å². The second kappa shape index (κ2) is 5.78. The summed E-state index contributed by atoms with van der Waals surface area (Å²) in [5.74, 6) is 1.20. The number of likely N-dealkylation sites (tertiary alicyclic amines) is 1. The van der Waals surface area contributed by atoms with E-state index < -0.39 is 5.60 Å². The molecule has 0 radical (unpaired) electrons. The molecule has 0 spiro atoms. The zero-order chi connectivity index (χ0) is 14.8. The number of amides is 1. The number of hydrogen-bond acceptors (Lipinski definition) is 6. The molecule has 1 aromatic rings. The lowest BCUT2D eigenvalue weighted by Crippen LogP contribution is -2.38. The van der Waals surface area contributed by atoms with Gasteiger partial charge in [-0.25, -0.2) is 4.79 Å². The van der Waals surface area contributed by atoms with Gasteiger partial charge in [-0.1, -0.05) is 5.16 Å². The van der Waals surface area contributed by atoms with Crippen molar-refractivity contribution >= 4 is 6.09 Å². The quantitative estimate of drug-likeness (QED) is 0.904. The first-order valence-corrected chi connectivity index (χ1v) is 6.84. The third-order valence-electron chi connectivity index (χ3n) is 2.96. The van der Waals surface area contributed by atoms with E-state index in [0.717, 1.165) is 6.42 Å². The molecule has 0 aliphatic carbocycles. The van der Waals surface area contributed by atoms with Crippen LogP contribution in [0, 0.1) is 6.92 Å². The average Bonchev–Trinajstić information content (AvgIpc) is 2.93. The summed E-state index contributed by atoms with van der Waals surface area (Å²) < 4.78 is 10.3. The van der Waals surface area contributed by atoms with E-state index in [-0.39, 0.29) is 12.1 Å². The van der Waals surface area contributed by atoms with Crippen molar-refractivity contribution in [1.29, 1.82) is 0 Å². The highest BCUT2D eigenvalue weighted by Gasteiger charge is 2.29. The van der Waals surface area contributed by atoms with Gasteiger partial charge in [0.2, 0.25) is 5.89 Å². The minimum absolute atomic E-state index is 0.237. The van der Waals surface area contributed by atoms with Crippen molar-refractivity contribution in [3.05, 3.63) is 11.7 Å². The molecule has 1 unspecified atom stereocenters. The lowest BCUT2D eigenvalue weighted by atomic mass is 10.2. The fraction of sp³-hybridized carbons (Fsp3) is 0.769. The molecule has 1 fully saturated rings. The van der Waals surface area contributed by atoms with Crippen LogP contribution < -0.4 is 5.32 Å². The molecule has 1 aliphatic rings. The number of rotatable bonds is 3. The van der Waals surface area contributed by atoms with Crippen LogP contribution in [-0.4, -0.2) is 45.9 Å². The van der Waals surface area contributed by atoms with E-state index in [4.69, 9.17) is 9.26 Å². The van der Waals surface area contributed by atoms with Crippen molar-refractivity contribution in [2.75, 3.05) is 13.1 Å². The summed E-state index contributed by atoms with van der Waals surface area (Å²) in [5, 5.41) is 7.15. The van der Waals surface area contributed by atoms with E-state index in [9.17, 15) is 4.79 Å². The number of carbonyl (C=O) groups excluding carboxylic acids is 1. The molecule has 1 atom stereocenters. The molecule has 0 aromatic carbocycles. The Bertz CT molecular complexity index is 466. The minimum atomic E-state index is -0.454. The van der Waals surface area contributed by atoms with Gasteiger partial charge in [-0.2, -0.15) is 4.98 Å². The fourth-order valence-corrected chi connectivity index (χ4v) is 2.07. The lowest BCUT2D eigenvalue weighted by Gasteiger charge is -2.24. The molecule has 1 N–H and O–H groups in total. The summed E-state index contributed by atoms with van der Waals surface area (Å²) in [6.07, 6.45) is 0.646. The second-order valence-electron chi connectivity index (χ2n) is 6.02. The molecule has 1 aliphatic heterocycles. The predicted octanol–water partition coefficient (Wildman–Crippen LogP) is 1.48. The van der Waals surface area contributed by atoms with Gasteiger partial charge in [0.15, 0.2) is 5.82 Å². The van der Waals surface area contributed by atoms with Gasteiger partial charge in [0, 0.05) is 26.1 Å². The van der Waals surface area contributed by atoms with Gasteiger partial charge < -0.3 is 19.5 Å². The normalized spacial score (nSPS) is 19.4. The minimum Gasteiger partial charge on any atom is -0.444 e. The molecule has 20 heavy (non-hydrogen) atoms. The summed E-state index contributed by atoms with van der Waals surface area (Å²) in [6.45, 7) is 9.27. The first-order chi connectivity index (χ1) is 9.33. The first kappa shape index (κ1) is 14.8. The zero-order valence-corrected chi connectivity index (χ0v) is 12.5. The summed E-state index contributed by atoms with van der Waals surface area (Å²) in [5.41, 5.74) is -0.454. The fourth-order valence-electron chi connectivity index (χ4n) is 2.07. The van der Waals surface area contributed by atoms with E-state index in [1.807, 2.05) is 20.8 Å². The molecular weight excluding hydrogens is 260 g/mol. The van der Waals surface area contributed by atoms with Crippen LogP contribution in [0.5, 0.6) is 0 Å². The van der Waals surface area contributed by atoms with Crippen LogP contribution in [-0.2, 0) is 11.3 Å². The third-order valence-corrected chi connectivity index (χ3v) is 2.96. The van der Waals surface area contributed by atoms with E-state index in [1.54, 1.807) is 11.8 Å². The topological polar surface area (TPSA) is 80.5 Å². The number of nitrogens with one attached hydrogen (secondary N) is 1. The highest BCUT2D eigenvalue weighted by molar-refractivity contribution is 5.68. The predicted molar refractivity (Wildman–Crippen MR) is 72.1 cm³/mol. The van der Waals surface area contributed by atoms with Crippen LogP contribution in [0.2, 0.25) is 0 Å². The monoisotopic (exact) mass is 282 g/mol. The Morgan fingerprint density at radius 1 is 1.55 bits per heavy atom. The smallest absolute Gasteiger partial charge is 0.410 e. The van der Waals surface area contributed by atoms with Crippen molar-refractivity contribution < 1.29 is 14.1 Å². The number of nitrogens with zero attached hydrogens (tertiary/aromatic N) is 3. The van der Waals surface area contributed by atoms with Gasteiger partial charge in [-0.15, -0.1) is 0 Å². The van der Waals surface area contributed by atoms with Gasteiger partial charge in [-0.3, -0.25) is 0 Å². The van der Waals surface area contributed by atoms with Crippen LogP contribution in [0.4, 0.5) is 4.79 Å². The summed E-state index contributed by atoms with van der Waals surface area (Å²) in [6, 6.07) is 0.237. The zero-order valence-electron chi connectivity index (χ0n) is 12.5. The Hall–Kier alpha value is -1.63. The highest BCUT2D eigenvalue weighted by atomic mass is 16.6. The van der Waals surface area contributed by atoms with Crippen LogP contribution in [0.15, 0.2) is 4.52 Å². The van der Waals surface area contributed by atoms with E-state index in [0.29, 0.717) is 31.3 Å². The highest BCUT2D eigenvalue weighted by Crippen LogP contribution is 2.15. The van der Waals surface area contributed by atoms with Crippen LogP contribution in [0.25, 0.3) is 0 Å². The molecule has 1 saturated heterocycles.